The van der Waals surface area contributed by atoms with E-state index in [-0.39, 0.29) is 0 Å². The van der Waals surface area contributed by atoms with E-state index in [1.165, 1.54) is 63.7 Å². The first-order valence-corrected chi connectivity index (χ1v) is 9.72. The zero-order chi connectivity index (χ0) is 15.5. The molecule has 0 aromatic heterocycles. The van der Waals surface area contributed by atoms with E-state index in [4.69, 9.17) is 0 Å². The highest BCUT2D eigenvalue weighted by atomic mass is 15.2. The second-order valence-corrected chi connectivity index (χ2v) is 7.56. The summed E-state index contributed by atoms with van der Waals surface area (Å²) in [6.07, 6.45) is 10.0. The van der Waals surface area contributed by atoms with Crippen LogP contribution < -0.4 is 10.2 Å². The summed E-state index contributed by atoms with van der Waals surface area (Å²) in [4.78, 5) is 5.37. The first kappa shape index (κ1) is 15.5. The molecular weight excluding hydrogens is 282 g/mol. The molecule has 3 heteroatoms. The molecule has 1 aromatic rings. The third kappa shape index (κ3) is 3.41. The zero-order valence-corrected chi connectivity index (χ0v) is 14.4. The lowest BCUT2D eigenvalue weighted by molar-refractivity contribution is 0.166. The Morgan fingerprint density at radius 1 is 0.870 bits per heavy atom. The van der Waals surface area contributed by atoms with Crippen molar-refractivity contribution in [2.45, 2.75) is 64.1 Å². The number of benzene rings is 1. The van der Waals surface area contributed by atoms with E-state index in [1.54, 1.807) is 11.1 Å². The highest BCUT2D eigenvalue weighted by molar-refractivity contribution is 5.58. The van der Waals surface area contributed by atoms with Crippen LogP contribution in [0.25, 0.3) is 0 Å². The van der Waals surface area contributed by atoms with Crippen molar-refractivity contribution in [3.8, 4) is 0 Å². The average Bonchev–Trinajstić information content (AvgIpc) is 2.99. The topological polar surface area (TPSA) is 18.5 Å². The van der Waals surface area contributed by atoms with Crippen LogP contribution in [-0.2, 0) is 13.1 Å². The molecule has 4 rings (SSSR count). The lowest BCUT2D eigenvalue weighted by Crippen LogP contribution is -2.44. The van der Waals surface area contributed by atoms with Gasteiger partial charge in [0, 0.05) is 51.0 Å². The predicted octanol–water partition coefficient (Wildman–Crippen LogP) is 3.52. The number of rotatable bonds is 2. The molecule has 0 spiro atoms. The molecule has 2 heterocycles. The lowest BCUT2D eigenvalue weighted by atomic mass is 9.96. The molecule has 0 bridgehead atoms. The molecule has 0 amide bonds. The van der Waals surface area contributed by atoms with Crippen molar-refractivity contribution in [1.29, 1.82) is 0 Å². The molecule has 1 N–H and O–H groups in total. The molecule has 126 valence electrons. The quantitative estimate of drug-likeness (QED) is 0.901. The Kier molecular flexibility index (Phi) is 4.86. The maximum atomic E-state index is 3.47. The Morgan fingerprint density at radius 2 is 1.61 bits per heavy atom. The van der Waals surface area contributed by atoms with Crippen LogP contribution in [0.5, 0.6) is 0 Å². The zero-order valence-electron chi connectivity index (χ0n) is 14.4. The molecule has 1 aliphatic carbocycles. The van der Waals surface area contributed by atoms with Crippen LogP contribution in [-0.4, -0.2) is 37.1 Å². The second kappa shape index (κ2) is 7.23. The minimum atomic E-state index is 0.818. The molecule has 23 heavy (non-hydrogen) atoms. The van der Waals surface area contributed by atoms with Gasteiger partial charge in [-0.1, -0.05) is 44.2 Å². The first-order chi connectivity index (χ1) is 11.4. The normalized spacial score (nSPS) is 24.3. The predicted molar refractivity (Wildman–Crippen MR) is 96.9 cm³/mol. The number of anilines is 1. The molecule has 2 fully saturated rings. The Balaban J connectivity index is 1.50. The van der Waals surface area contributed by atoms with E-state index in [1.807, 2.05) is 0 Å². The van der Waals surface area contributed by atoms with E-state index in [2.05, 4.69) is 33.3 Å². The Labute approximate surface area is 141 Å². The van der Waals surface area contributed by atoms with Gasteiger partial charge in [-0.15, -0.1) is 0 Å². The van der Waals surface area contributed by atoms with E-state index >= 15 is 0 Å². The van der Waals surface area contributed by atoms with Crippen molar-refractivity contribution in [3.05, 3.63) is 29.3 Å². The monoisotopic (exact) mass is 313 g/mol. The van der Waals surface area contributed by atoms with Gasteiger partial charge >= 0.3 is 0 Å². The molecular formula is C20H31N3. The lowest BCUT2D eigenvalue weighted by Gasteiger charge is -2.32. The molecule has 2 aliphatic heterocycles. The minimum absolute atomic E-state index is 0.818. The second-order valence-electron chi connectivity index (χ2n) is 7.56. The summed E-state index contributed by atoms with van der Waals surface area (Å²) in [6, 6.07) is 7.81. The highest BCUT2D eigenvalue weighted by Crippen LogP contribution is 2.35. The van der Waals surface area contributed by atoms with Gasteiger partial charge in [0.05, 0.1) is 0 Å². The van der Waals surface area contributed by atoms with Crippen LogP contribution in [0, 0.1) is 0 Å². The van der Waals surface area contributed by atoms with Crippen LogP contribution in [0.4, 0.5) is 5.69 Å². The van der Waals surface area contributed by atoms with Crippen molar-refractivity contribution in [3.63, 3.8) is 0 Å². The number of fused-ring (bicyclic) bond motifs is 1. The number of nitrogens with zero attached hydrogens (tertiary/aromatic N) is 2. The molecule has 1 aromatic carbocycles. The van der Waals surface area contributed by atoms with Crippen LogP contribution >= 0.6 is 0 Å². The maximum Gasteiger partial charge on any atom is 0.0416 e. The summed E-state index contributed by atoms with van der Waals surface area (Å²) in [7, 11) is 0. The van der Waals surface area contributed by atoms with Crippen LogP contribution in [0.3, 0.4) is 0 Å². The number of piperazine rings is 1. The molecule has 1 saturated carbocycles. The van der Waals surface area contributed by atoms with Crippen molar-refractivity contribution >= 4 is 5.69 Å². The Morgan fingerprint density at radius 3 is 2.39 bits per heavy atom. The van der Waals surface area contributed by atoms with Crippen molar-refractivity contribution < 1.29 is 0 Å². The average molecular weight is 313 g/mol. The SMILES string of the molecule is c1cc2c(c(N3CCNCC3)c1)CN(C1CCCCCCC1)C2. The van der Waals surface area contributed by atoms with E-state index in [0.717, 1.165) is 32.2 Å². The van der Waals surface area contributed by atoms with Gasteiger partial charge in [-0.2, -0.15) is 0 Å². The fourth-order valence-corrected chi connectivity index (χ4v) is 4.69. The molecule has 0 unspecified atom stereocenters. The first-order valence-electron chi connectivity index (χ1n) is 9.72. The fourth-order valence-electron chi connectivity index (χ4n) is 4.69. The van der Waals surface area contributed by atoms with Crippen LogP contribution in [0.1, 0.15) is 56.1 Å². The van der Waals surface area contributed by atoms with Gasteiger partial charge in [-0.25, -0.2) is 0 Å². The molecule has 3 nitrogen and oxygen atoms in total. The summed E-state index contributed by atoms with van der Waals surface area (Å²) in [5, 5.41) is 3.47. The van der Waals surface area contributed by atoms with Crippen LogP contribution in [0.2, 0.25) is 0 Å². The molecule has 0 radical (unpaired) electrons. The van der Waals surface area contributed by atoms with Gasteiger partial charge in [0.15, 0.2) is 0 Å². The van der Waals surface area contributed by atoms with Crippen molar-refractivity contribution in [2.75, 3.05) is 31.1 Å². The summed E-state index contributed by atoms with van der Waals surface area (Å²) < 4.78 is 0. The summed E-state index contributed by atoms with van der Waals surface area (Å²) in [6.45, 7) is 6.91. The number of nitrogens with one attached hydrogen (secondary N) is 1. The fraction of sp³-hybridized carbons (Fsp3) is 0.700. The van der Waals surface area contributed by atoms with E-state index in [0.29, 0.717) is 0 Å². The van der Waals surface area contributed by atoms with Gasteiger partial charge < -0.3 is 10.2 Å². The maximum absolute atomic E-state index is 3.47. The van der Waals surface area contributed by atoms with Gasteiger partial charge in [0.2, 0.25) is 0 Å². The van der Waals surface area contributed by atoms with Crippen molar-refractivity contribution in [1.82, 2.24) is 10.2 Å². The highest BCUT2D eigenvalue weighted by Gasteiger charge is 2.29. The third-order valence-corrected chi connectivity index (χ3v) is 6.03. The number of hydrogen-bond donors (Lipinski definition) is 1. The van der Waals surface area contributed by atoms with Gasteiger partial charge in [0.1, 0.15) is 0 Å². The molecule has 1 saturated heterocycles. The molecule has 3 aliphatic rings. The Hall–Kier alpha value is -1.06. The van der Waals surface area contributed by atoms with Crippen molar-refractivity contribution in [2.24, 2.45) is 0 Å². The summed E-state index contributed by atoms with van der Waals surface area (Å²) in [5.41, 5.74) is 4.72. The Bertz CT molecular complexity index is 514. The minimum Gasteiger partial charge on any atom is -0.369 e. The number of hydrogen-bond acceptors (Lipinski definition) is 3. The summed E-state index contributed by atoms with van der Waals surface area (Å²) in [5.74, 6) is 0. The van der Waals surface area contributed by atoms with Crippen LogP contribution in [0.15, 0.2) is 18.2 Å². The third-order valence-electron chi connectivity index (χ3n) is 6.03. The van der Waals surface area contributed by atoms with E-state index in [9.17, 15) is 0 Å². The molecule has 0 atom stereocenters. The van der Waals surface area contributed by atoms with E-state index < -0.39 is 0 Å². The summed E-state index contributed by atoms with van der Waals surface area (Å²) >= 11 is 0. The standard InChI is InChI=1S/C20H31N3/c1-2-4-8-18(9-5-3-1)23-15-17-7-6-10-20(19(17)16-23)22-13-11-21-12-14-22/h6-7,10,18,21H,1-5,8-9,11-16H2. The van der Waals surface area contributed by atoms with Gasteiger partial charge in [-0.05, 0) is 30.0 Å². The van der Waals surface area contributed by atoms with Gasteiger partial charge in [-0.3, -0.25) is 4.90 Å². The largest absolute Gasteiger partial charge is 0.369 e. The van der Waals surface area contributed by atoms with Gasteiger partial charge in [0.25, 0.3) is 0 Å². The smallest absolute Gasteiger partial charge is 0.0416 e.